The zero-order valence-corrected chi connectivity index (χ0v) is 9.28. The van der Waals surface area contributed by atoms with Crippen molar-refractivity contribution >= 4 is 0 Å². The Morgan fingerprint density at radius 1 is 1.41 bits per heavy atom. The van der Waals surface area contributed by atoms with Crippen LogP contribution in [0.3, 0.4) is 0 Å². The van der Waals surface area contributed by atoms with Gasteiger partial charge in [0.15, 0.2) is 5.82 Å². The first-order valence-electron chi connectivity index (χ1n) is 5.59. The van der Waals surface area contributed by atoms with Crippen molar-refractivity contribution in [2.24, 2.45) is 0 Å². The van der Waals surface area contributed by atoms with Gasteiger partial charge in [-0.05, 0) is 11.6 Å². The van der Waals surface area contributed by atoms with Gasteiger partial charge in [-0.3, -0.25) is 0 Å². The highest BCUT2D eigenvalue weighted by Gasteiger charge is 2.23. The van der Waals surface area contributed by atoms with E-state index in [9.17, 15) is 0 Å². The van der Waals surface area contributed by atoms with Gasteiger partial charge in [-0.1, -0.05) is 18.2 Å². The normalized spacial score (nSPS) is 17.8. The van der Waals surface area contributed by atoms with Crippen LogP contribution >= 0.6 is 0 Å². The number of aromatic nitrogens is 3. The summed E-state index contributed by atoms with van der Waals surface area (Å²) in [6, 6.07) is 8.05. The maximum atomic E-state index is 9.09. The molecule has 5 heteroatoms. The van der Waals surface area contributed by atoms with Gasteiger partial charge < -0.3 is 14.4 Å². The number of ether oxygens (including phenoxy) is 1. The maximum absolute atomic E-state index is 9.09. The Kier molecular flexibility index (Phi) is 2.53. The average molecular weight is 231 g/mol. The van der Waals surface area contributed by atoms with E-state index in [0.29, 0.717) is 12.4 Å². The fourth-order valence-electron chi connectivity index (χ4n) is 2.13. The maximum Gasteiger partial charge on any atom is 0.158 e. The smallest absolute Gasteiger partial charge is 0.158 e. The molecule has 0 amide bonds. The lowest BCUT2D eigenvalue weighted by molar-refractivity contribution is 0.200. The summed E-state index contributed by atoms with van der Waals surface area (Å²) in [6.45, 7) is 0.567. The second kappa shape index (κ2) is 4.18. The summed E-state index contributed by atoms with van der Waals surface area (Å²) in [5.41, 5.74) is 1.23. The molecule has 1 atom stereocenters. The number of aliphatic hydroxyl groups is 1. The first-order valence-corrected chi connectivity index (χ1v) is 5.59. The molecule has 0 radical (unpaired) electrons. The first kappa shape index (κ1) is 10.3. The fraction of sp³-hybridized carbons (Fsp3) is 0.333. The van der Waals surface area contributed by atoms with Crippen molar-refractivity contribution in [1.82, 2.24) is 14.8 Å². The molecule has 88 valence electrons. The second-order valence-corrected chi connectivity index (χ2v) is 4.11. The lowest BCUT2D eigenvalue weighted by atomic mass is 10.1. The van der Waals surface area contributed by atoms with Gasteiger partial charge in [0.2, 0.25) is 0 Å². The number of aliphatic hydroxyl groups excluding tert-OH is 1. The Morgan fingerprint density at radius 3 is 3.12 bits per heavy atom. The topological polar surface area (TPSA) is 60.2 Å². The highest BCUT2D eigenvalue weighted by Crippen LogP contribution is 2.28. The zero-order valence-electron chi connectivity index (χ0n) is 9.28. The van der Waals surface area contributed by atoms with E-state index in [1.807, 2.05) is 22.8 Å². The SMILES string of the molecule is OCc1nncn1CC1Cc2ccccc2O1. The van der Waals surface area contributed by atoms with E-state index < -0.39 is 0 Å². The third-order valence-electron chi connectivity index (χ3n) is 2.95. The van der Waals surface area contributed by atoms with E-state index in [-0.39, 0.29) is 12.7 Å². The van der Waals surface area contributed by atoms with Crippen LogP contribution in [-0.4, -0.2) is 26.0 Å². The van der Waals surface area contributed by atoms with Crippen molar-refractivity contribution in [3.63, 3.8) is 0 Å². The summed E-state index contributed by atoms with van der Waals surface area (Å²) in [7, 11) is 0. The summed E-state index contributed by atoms with van der Waals surface area (Å²) in [5.74, 6) is 1.53. The standard InChI is InChI=1S/C12H13N3O2/c16-7-12-14-13-8-15(12)6-10-5-9-3-1-2-4-11(9)17-10/h1-4,8,10,16H,5-7H2. The minimum absolute atomic E-state index is 0.0914. The highest BCUT2D eigenvalue weighted by atomic mass is 16.5. The third kappa shape index (κ3) is 1.89. The third-order valence-corrected chi connectivity index (χ3v) is 2.95. The monoisotopic (exact) mass is 231 g/mol. The minimum atomic E-state index is -0.0976. The van der Waals surface area contributed by atoms with Gasteiger partial charge in [0.1, 0.15) is 24.8 Å². The summed E-state index contributed by atoms with van der Waals surface area (Å²) >= 11 is 0. The Bertz CT molecular complexity index is 499. The van der Waals surface area contributed by atoms with E-state index in [1.165, 1.54) is 5.56 Å². The van der Waals surface area contributed by atoms with E-state index in [4.69, 9.17) is 9.84 Å². The van der Waals surface area contributed by atoms with Gasteiger partial charge in [-0.2, -0.15) is 0 Å². The number of rotatable bonds is 3. The van der Waals surface area contributed by atoms with Crippen molar-refractivity contribution in [1.29, 1.82) is 0 Å². The molecule has 0 saturated heterocycles. The molecule has 1 aliphatic heterocycles. The highest BCUT2D eigenvalue weighted by molar-refractivity contribution is 5.37. The van der Waals surface area contributed by atoms with Crippen LogP contribution < -0.4 is 4.74 Å². The number of hydrogen-bond donors (Lipinski definition) is 1. The van der Waals surface area contributed by atoms with Gasteiger partial charge in [-0.15, -0.1) is 10.2 Å². The van der Waals surface area contributed by atoms with Gasteiger partial charge >= 0.3 is 0 Å². The Labute approximate surface area is 98.7 Å². The molecule has 2 aromatic rings. The molecule has 1 aromatic heterocycles. The van der Waals surface area contributed by atoms with Crippen LogP contribution in [0.5, 0.6) is 5.75 Å². The van der Waals surface area contributed by atoms with Crippen LogP contribution in [0.15, 0.2) is 30.6 Å². The minimum Gasteiger partial charge on any atom is -0.488 e. The van der Waals surface area contributed by atoms with Crippen molar-refractivity contribution in [3.8, 4) is 5.75 Å². The molecular weight excluding hydrogens is 218 g/mol. The molecule has 3 rings (SSSR count). The molecule has 5 nitrogen and oxygen atoms in total. The molecule has 1 N–H and O–H groups in total. The molecule has 2 heterocycles. The number of para-hydroxylation sites is 1. The summed E-state index contributed by atoms with van der Waals surface area (Å²) < 4.78 is 7.65. The van der Waals surface area contributed by atoms with E-state index in [1.54, 1.807) is 6.33 Å². The Hall–Kier alpha value is -1.88. The number of benzene rings is 1. The van der Waals surface area contributed by atoms with Crippen molar-refractivity contribution in [2.75, 3.05) is 0 Å². The first-order chi connectivity index (χ1) is 8.36. The van der Waals surface area contributed by atoms with Crippen LogP contribution in [-0.2, 0) is 19.6 Å². The van der Waals surface area contributed by atoms with Crippen molar-refractivity contribution < 1.29 is 9.84 Å². The molecule has 1 aliphatic rings. The van der Waals surface area contributed by atoms with Crippen LogP contribution in [0, 0.1) is 0 Å². The number of hydrogen-bond acceptors (Lipinski definition) is 4. The molecule has 0 spiro atoms. The van der Waals surface area contributed by atoms with Crippen LogP contribution in [0.1, 0.15) is 11.4 Å². The average Bonchev–Trinajstić information content (AvgIpc) is 2.94. The molecule has 0 saturated carbocycles. The predicted molar refractivity (Wildman–Crippen MR) is 60.5 cm³/mol. The predicted octanol–water partition coefficient (Wildman–Crippen LogP) is 0.774. The van der Waals surface area contributed by atoms with Crippen LogP contribution in [0.25, 0.3) is 0 Å². The largest absolute Gasteiger partial charge is 0.488 e. The molecule has 0 bridgehead atoms. The molecule has 0 aliphatic carbocycles. The molecule has 1 unspecified atom stereocenters. The number of nitrogens with zero attached hydrogens (tertiary/aromatic N) is 3. The lowest BCUT2D eigenvalue weighted by Gasteiger charge is -2.12. The van der Waals surface area contributed by atoms with Crippen LogP contribution in [0.2, 0.25) is 0 Å². The van der Waals surface area contributed by atoms with Gasteiger partial charge in [0, 0.05) is 6.42 Å². The fourth-order valence-corrected chi connectivity index (χ4v) is 2.13. The molecule has 0 fully saturated rings. The molecule has 1 aromatic carbocycles. The van der Waals surface area contributed by atoms with Gasteiger partial charge in [-0.25, -0.2) is 0 Å². The van der Waals surface area contributed by atoms with Gasteiger partial charge in [0.25, 0.3) is 0 Å². The quantitative estimate of drug-likeness (QED) is 0.847. The second-order valence-electron chi connectivity index (χ2n) is 4.11. The molecule has 17 heavy (non-hydrogen) atoms. The Morgan fingerprint density at radius 2 is 2.29 bits per heavy atom. The van der Waals surface area contributed by atoms with Crippen molar-refractivity contribution in [3.05, 3.63) is 42.0 Å². The molecular formula is C12H13N3O2. The van der Waals surface area contributed by atoms with E-state index >= 15 is 0 Å². The summed E-state index contributed by atoms with van der Waals surface area (Å²) in [6.07, 6.45) is 2.60. The van der Waals surface area contributed by atoms with Crippen LogP contribution in [0.4, 0.5) is 0 Å². The Balaban J connectivity index is 1.74. The van der Waals surface area contributed by atoms with Gasteiger partial charge in [0.05, 0.1) is 6.54 Å². The summed E-state index contributed by atoms with van der Waals surface area (Å²) in [4.78, 5) is 0. The zero-order chi connectivity index (χ0) is 11.7. The van der Waals surface area contributed by atoms with E-state index in [2.05, 4.69) is 16.3 Å². The summed E-state index contributed by atoms with van der Waals surface area (Å²) in [5, 5.41) is 16.7. The lowest BCUT2D eigenvalue weighted by Crippen LogP contribution is -2.21. The van der Waals surface area contributed by atoms with E-state index in [0.717, 1.165) is 12.2 Å². The van der Waals surface area contributed by atoms with Crippen molar-refractivity contribution in [2.45, 2.75) is 25.7 Å². The number of fused-ring (bicyclic) bond motifs is 1.